The molecule has 22 heavy (non-hydrogen) atoms. The van der Waals surface area contributed by atoms with Gasteiger partial charge in [-0.3, -0.25) is 4.90 Å². The molecule has 0 amide bonds. The Morgan fingerprint density at radius 3 is 2.55 bits per heavy atom. The summed E-state index contributed by atoms with van der Waals surface area (Å²) in [5.74, 6) is 1.69. The number of hydrogen-bond acceptors (Lipinski definition) is 7. The van der Waals surface area contributed by atoms with E-state index in [2.05, 4.69) is 25.1 Å². The molecule has 122 valence electrons. The Hall–Kier alpha value is -1.44. The lowest BCUT2D eigenvalue weighted by molar-refractivity contribution is 0.0378. The van der Waals surface area contributed by atoms with Crippen LogP contribution in [0.4, 0.5) is 11.8 Å². The summed E-state index contributed by atoms with van der Waals surface area (Å²) in [7, 11) is 0. The SMILES string of the molecule is c1cc(N2CCOCC2)nc(NCCCN2CCOCC2)n1. The lowest BCUT2D eigenvalue weighted by Gasteiger charge is -2.28. The lowest BCUT2D eigenvalue weighted by Crippen LogP contribution is -2.37. The second-order valence-electron chi connectivity index (χ2n) is 5.57. The zero-order valence-electron chi connectivity index (χ0n) is 13.0. The van der Waals surface area contributed by atoms with Crippen LogP contribution in [0.15, 0.2) is 12.3 Å². The number of nitrogens with zero attached hydrogens (tertiary/aromatic N) is 4. The van der Waals surface area contributed by atoms with Crippen LogP contribution in [0.1, 0.15) is 6.42 Å². The molecule has 2 saturated heterocycles. The lowest BCUT2D eigenvalue weighted by atomic mass is 10.3. The van der Waals surface area contributed by atoms with E-state index in [9.17, 15) is 0 Å². The van der Waals surface area contributed by atoms with Crippen molar-refractivity contribution in [2.75, 3.05) is 75.9 Å². The number of aromatic nitrogens is 2. The summed E-state index contributed by atoms with van der Waals surface area (Å²) in [4.78, 5) is 13.6. The van der Waals surface area contributed by atoms with Crippen molar-refractivity contribution in [3.05, 3.63) is 12.3 Å². The van der Waals surface area contributed by atoms with E-state index in [4.69, 9.17) is 9.47 Å². The summed E-state index contributed by atoms with van der Waals surface area (Å²) in [5.41, 5.74) is 0. The van der Waals surface area contributed by atoms with E-state index in [-0.39, 0.29) is 0 Å². The molecule has 0 bridgehead atoms. The Labute approximate surface area is 131 Å². The van der Waals surface area contributed by atoms with Crippen LogP contribution < -0.4 is 10.2 Å². The molecule has 7 nitrogen and oxygen atoms in total. The van der Waals surface area contributed by atoms with Gasteiger partial charge in [0.15, 0.2) is 0 Å². The normalized spacial score (nSPS) is 20.1. The van der Waals surface area contributed by atoms with Gasteiger partial charge in [0, 0.05) is 38.9 Å². The molecule has 0 aromatic carbocycles. The summed E-state index contributed by atoms with van der Waals surface area (Å²) in [6.07, 6.45) is 2.91. The van der Waals surface area contributed by atoms with Crippen molar-refractivity contribution in [3.8, 4) is 0 Å². The molecular weight excluding hydrogens is 282 g/mol. The Morgan fingerprint density at radius 2 is 1.77 bits per heavy atom. The number of anilines is 2. The minimum absolute atomic E-state index is 0.714. The minimum atomic E-state index is 0.714. The van der Waals surface area contributed by atoms with E-state index in [1.54, 1.807) is 0 Å². The van der Waals surface area contributed by atoms with E-state index in [1.807, 2.05) is 12.3 Å². The molecule has 1 N–H and O–H groups in total. The highest BCUT2D eigenvalue weighted by molar-refractivity contribution is 5.42. The number of morpholine rings is 2. The van der Waals surface area contributed by atoms with Crippen LogP contribution in [-0.4, -0.2) is 80.6 Å². The highest BCUT2D eigenvalue weighted by Gasteiger charge is 2.13. The smallest absolute Gasteiger partial charge is 0.224 e. The topological polar surface area (TPSA) is 62.8 Å². The Morgan fingerprint density at radius 1 is 1.05 bits per heavy atom. The molecule has 0 radical (unpaired) electrons. The molecule has 0 aliphatic carbocycles. The fraction of sp³-hybridized carbons (Fsp3) is 0.733. The zero-order chi connectivity index (χ0) is 15.0. The summed E-state index contributed by atoms with van der Waals surface area (Å²) in [6, 6.07) is 1.96. The van der Waals surface area contributed by atoms with Gasteiger partial charge in [-0.2, -0.15) is 4.98 Å². The maximum Gasteiger partial charge on any atom is 0.224 e. The van der Waals surface area contributed by atoms with Crippen LogP contribution in [-0.2, 0) is 9.47 Å². The predicted molar refractivity (Wildman–Crippen MR) is 85.4 cm³/mol. The monoisotopic (exact) mass is 307 g/mol. The molecule has 2 aliphatic heterocycles. The molecule has 0 atom stereocenters. The second-order valence-corrected chi connectivity index (χ2v) is 5.57. The zero-order valence-corrected chi connectivity index (χ0v) is 13.0. The minimum Gasteiger partial charge on any atom is -0.379 e. The molecule has 3 rings (SSSR count). The van der Waals surface area contributed by atoms with Gasteiger partial charge in [0.2, 0.25) is 5.95 Å². The van der Waals surface area contributed by atoms with Crippen molar-refractivity contribution in [1.29, 1.82) is 0 Å². The summed E-state index contributed by atoms with van der Waals surface area (Å²) >= 11 is 0. The highest BCUT2D eigenvalue weighted by Crippen LogP contribution is 2.13. The third kappa shape index (κ3) is 4.53. The quantitative estimate of drug-likeness (QED) is 0.766. The second kappa shape index (κ2) is 8.26. The molecule has 2 fully saturated rings. The van der Waals surface area contributed by atoms with Crippen molar-refractivity contribution < 1.29 is 9.47 Å². The fourth-order valence-electron chi connectivity index (χ4n) is 2.73. The molecule has 2 aliphatic rings. The number of hydrogen-bond donors (Lipinski definition) is 1. The highest BCUT2D eigenvalue weighted by atomic mass is 16.5. The van der Waals surface area contributed by atoms with E-state index in [0.29, 0.717) is 5.95 Å². The summed E-state index contributed by atoms with van der Waals surface area (Å²) in [6.45, 7) is 9.13. The first-order valence-corrected chi connectivity index (χ1v) is 8.11. The van der Waals surface area contributed by atoms with E-state index >= 15 is 0 Å². The van der Waals surface area contributed by atoms with Gasteiger partial charge in [0.05, 0.1) is 26.4 Å². The van der Waals surface area contributed by atoms with Crippen LogP contribution >= 0.6 is 0 Å². The van der Waals surface area contributed by atoms with Crippen molar-refractivity contribution in [2.24, 2.45) is 0 Å². The Balaban J connectivity index is 1.42. The maximum atomic E-state index is 5.37. The van der Waals surface area contributed by atoms with Crippen LogP contribution in [0, 0.1) is 0 Å². The fourth-order valence-corrected chi connectivity index (χ4v) is 2.73. The number of nitrogens with one attached hydrogen (secondary N) is 1. The molecule has 0 unspecified atom stereocenters. The third-order valence-corrected chi connectivity index (χ3v) is 4.01. The Kier molecular flexibility index (Phi) is 5.80. The molecule has 3 heterocycles. The van der Waals surface area contributed by atoms with Gasteiger partial charge in [0.25, 0.3) is 0 Å². The van der Waals surface area contributed by atoms with Gasteiger partial charge in [-0.15, -0.1) is 0 Å². The molecule has 1 aromatic heterocycles. The van der Waals surface area contributed by atoms with Crippen molar-refractivity contribution in [1.82, 2.24) is 14.9 Å². The van der Waals surface area contributed by atoms with Gasteiger partial charge in [-0.25, -0.2) is 4.98 Å². The average molecular weight is 307 g/mol. The largest absolute Gasteiger partial charge is 0.379 e. The van der Waals surface area contributed by atoms with E-state index in [1.165, 1.54) is 0 Å². The number of ether oxygens (including phenoxy) is 2. The molecule has 1 aromatic rings. The van der Waals surface area contributed by atoms with Gasteiger partial charge >= 0.3 is 0 Å². The Bertz CT molecular complexity index is 447. The van der Waals surface area contributed by atoms with Crippen molar-refractivity contribution in [2.45, 2.75) is 6.42 Å². The third-order valence-electron chi connectivity index (χ3n) is 4.01. The van der Waals surface area contributed by atoms with Crippen LogP contribution in [0.3, 0.4) is 0 Å². The standard InChI is InChI=1S/C15H25N5O2/c1(5-19-6-10-21-11-7-19)3-16-15-17-4-2-14(18-15)20-8-12-22-13-9-20/h2,4H,1,3,5-13H2,(H,16,17,18). The van der Waals surface area contributed by atoms with Crippen molar-refractivity contribution in [3.63, 3.8) is 0 Å². The summed E-state index contributed by atoms with van der Waals surface area (Å²) < 4.78 is 10.7. The van der Waals surface area contributed by atoms with E-state index in [0.717, 1.165) is 77.9 Å². The molecular formula is C15H25N5O2. The van der Waals surface area contributed by atoms with Gasteiger partial charge in [-0.1, -0.05) is 0 Å². The predicted octanol–water partition coefficient (Wildman–Crippen LogP) is 0.447. The first-order chi connectivity index (χ1) is 10.9. The molecule has 0 spiro atoms. The van der Waals surface area contributed by atoms with Gasteiger partial charge in [-0.05, 0) is 19.0 Å². The van der Waals surface area contributed by atoms with Crippen LogP contribution in [0.2, 0.25) is 0 Å². The first kappa shape index (κ1) is 15.5. The van der Waals surface area contributed by atoms with Crippen LogP contribution in [0.25, 0.3) is 0 Å². The summed E-state index contributed by atoms with van der Waals surface area (Å²) in [5, 5.41) is 3.33. The molecule has 7 heteroatoms. The average Bonchev–Trinajstić information content (AvgIpc) is 2.61. The van der Waals surface area contributed by atoms with Crippen LogP contribution in [0.5, 0.6) is 0 Å². The maximum absolute atomic E-state index is 5.37. The number of rotatable bonds is 6. The first-order valence-electron chi connectivity index (χ1n) is 8.11. The van der Waals surface area contributed by atoms with E-state index < -0.39 is 0 Å². The van der Waals surface area contributed by atoms with Crippen molar-refractivity contribution >= 4 is 11.8 Å². The molecule has 0 saturated carbocycles. The van der Waals surface area contributed by atoms with Gasteiger partial charge in [0.1, 0.15) is 5.82 Å². The van der Waals surface area contributed by atoms with Gasteiger partial charge < -0.3 is 19.7 Å².